The summed E-state index contributed by atoms with van der Waals surface area (Å²) in [5.74, 6) is -5.62. The molecule has 0 aliphatic rings. The number of methoxy groups -OCH3 is 1. The van der Waals surface area contributed by atoms with Crippen molar-refractivity contribution in [1.82, 2.24) is 0 Å². The number of hydrogen-bond donors (Lipinski definition) is 1. The van der Waals surface area contributed by atoms with E-state index in [2.05, 4.69) is 0 Å². The first kappa shape index (κ1) is 13.4. The first-order valence-electron chi connectivity index (χ1n) is 5.03. The smallest absolute Gasteiger partial charge is 0.374 e. The average molecular weight is 244 g/mol. The summed E-state index contributed by atoms with van der Waals surface area (Å²) in [7, 11) is 1.37. The summed E-state index contributed by atoms with van der Waals surface area (Å²) >= 11 is 0. The molecule has 0 bridgehead atoms. The lowest BCUT2D eigenvalue weighted by Crippen LogP contribution is -2.30. The molecule has 1 aromatic carbocycles. The Bertz CT molecular complexity index is 442. The molecule has 17 heavy (non-hydrogen) atoms. The molecule has 0 spiro atoms. The maximum atomic E-state index is 13.1. The fourth-order valence-corrected chi connectivity index (χ4v) is 1.49. The van der Waals surface area contributed by atoms with E-state index in [4.69, 9.17) is 9.84 Å². The lowest BCUT2D eigenvalue weighted by atomic mass is 10.0. The monoisotopic (exact) mass is 244 g/mol. The highest BCUT2D eigenvalue weighted by Gasteiger charge is 2.39. The van der Waals surface area contributed by atoms with E-state index >= 15 is 0 Å². The minimum Gasteiger partial charge on any atom is -0.496 e. The predicted octanol–water partition coefficient (Wildman–Crippen LogP) is 2.57. The summed E-state index contributed by atoms with van der Waals surface area (Å²) in [5, 5.41) is 8.40. The van der Waals surface area contributed by atoms with Crippen molar-refractivity contribution in [1.29, 1.82) is 0 Å². The number of aryl methyl sites for hydroxylation is 2. The van der Waals surface area contributed by atoms with Crippen molar-refractivity contribution in [3.8, 4) is 5.75 Å². The minimum absolute atomic E-state index is 0.197. The van der Waals surface area contributed by atoms with Gasteiger partial charge in [-0.3, -0.25) is 0 Å². The Morgan fingerprint density at radius 3 is 2.35 bits per heavy atom. The lowest BCUT2D eigenvalue weighted by Gasteiger charge is -2.15. The van der Waals surface area contributed by atoms with Crippen LogP contribution in [0.25, 0.3) is 0 Å². The zero-order valence-corrected chi connectivity index (χ0v) is 9.88. The molecule has 0 fully saturated rings. The minimum atomic E-state index is -3.78. The van der Waals surface area contributed by atoms with Gasteiger partial charge >= 0.3 is 11.9 Å². The van der Waals surface area contributed by atoms with Crippen LogP contribution in [0.2, 0.25) is 0 Å². The van der Waals surface area contributed by atoms with Gasteiger partial charge in [-0.05, 0) is 31.0 Å². The van der Waals surface area contributed by atoms with Crippen molar-refractivity contribution in [2.24, 2.45) is 0 Å². The Hall–Kier alpha value is -1.65. The van der Waals surface area contributed by atoms with E-state index in [1.54, 1.807) is 13.0 Å². The topological polar surface area (TPSA) is 46.5 Å². The summed E-state index contributed by atoms with van der Waals surface area (Å²) < 4.78 is 31.2. The van der Waals surface area contributed by atoms with Crippen LogP contribution in [0.5, 0.6) is 5.75 Å². The number of carbonyl (C=O) groups is 1. The van der Waals surface area contributed by atoms with Gasteiger partial charge in [0.05, 0.1) is 13.5 Å². The van der Waals surface area contributed by atoms with Gasteiger partial charge in [0.2, 0.25) is 0 Å². The summed E-state index contributed by atoms with van der Waals surface area (Å²) in [4.78, 5) is 10.4. The highest BCUT2D eigenvalue weighted by atomic mass is 19.3. The number of carboxylic acids is 1. The van der Waals surface area contributed by atoms with E-state index in [1.807, 2.05) is 6.92 Å². The molecule has 0 saturated heterocycles. The van der Waals surface area contributed by atoms with Crippen molar-refractivity contribution in [3.63, 3.8) is 0 Å². The van der Waals surface area contributed by atoms with Crippen LogP contribution < -0.4 is 4.74 Å². The van der Waals surface area contributed by atoms with Gasteiger partial charge in [-0.15, -0.1) is 0 Å². The van der Waals surface area contributed by atoms with Gasteiger partial charge in [0.15, 0.2) is 0 Å². The first-order valence-corrected chi connectivity index (χ1v) is 5.03. The molecule has 0 saturated carbocycles. The SMILES string of the molecule is COc1cc(C)c(C)cc1CC(F)(F)C(=O)O. The molecule has 94 valence electrons. The number of hydrogen-bond acceptors (Lipinski definition) is 2. The average Bonchev–Trinajstić information content (AvgIpc) is 2.22. The highest BCUT2D eigenvalue weighted by Crippen LogP contribution is 2.29. The van der Waals surface area contributed by atoms with Gasteiger partial charge in [0, 0.05) is 5.56 Å². The van der Waals surface area contributed by atoms with Gasteiger partial charge in [-0.25, -0.2) is 4.79 Å². The van der Waals surface area contributed by atoms with Crippen LogP contribution in [0, 0.1) is 13.8 Å². The second-order valence-electron chi connectivity index (χ2n) is 3.93. The lowest BCUT2D eigenvalue weighted by molar-refractivity contribution is -0.164. The van der Waals surface area contributed by atoms with Crippen LogP contribution in [-0.4, -0.2) is 24.1 Å². The zero-order chi connectivity index (χ0) is 13.2. The summed E-state index contributed by atoms with van der Waals surface area (Å²) in [5.41, 5.74) is 1.93. The maximum absolute atomic E-state index is 13.1. The number of carboxylic acid groups (broad SMARTS) is 1. The third-order valence-electron chi connectivity index (χ3n) is 2.62. The van der Waals surface area contributed by atoms with Crippen LogP contribution in [0.4, 0.5) is 8.78 Å². The molecule has 0 aliphatic heterocycles. The van der Waals surface area contributed by atoms with E-state index in [-0.39, 0.29) is 11.3 Å². The fraction of sp³-hybridized carbons (Fsp3) is 0.417. The Morgan fingerprint density at radius 2 is 1.88 bits per heavy atom. The van der Waals surface area contributed by atoms with Crippen molar-refractivity contribution < 1.29 is 23.4 Å². The quantitative estimate of drug-likeness (QED) is 0.885. The Kier molecular flexibility index (Phi) is 3.70. The molecule has 0 radical (unpaired) electrons. The normalized spacial score (nSPS) is 11.4. The number of rotatable bonds is 4. The summed E-state index contributed by atoms with van der Waals surface area (Å²) in [6, 6.07) is 3.16. The number of halogens is 2. The molecule has 0 aliphatic carbocycles. The Morgan fingerprint density at radius 1 is 1.35 bits per heavy atom. The number of aliphatic carboxylic acids is 1. The molecular formula is C12H14F2O3. The van der Waals surface area contributed by atoms with Crippen molar-refractivity contribution in [2.75, 3.05) is 7.11 Å². The molecule has 0 amide bonds. The Balaban J connectivity index is 3.14. The number of benzene rings is 1. The fourth-order valence-electron chi connectivity index (χ4n) is 1.49. The molecule has 5 heteroatoms. The van der Waals surface area contributed by atoms with Gasteiger partial charge in [-0.1, -0.05) is 6.07 Å². The molecule has 1 rings (SSSR count). The number of alkyl halides is 2. The van der Waals surface area contributed by atoms with Crippen LogP contribution >= 0.6 is 0 Å². The maximum Gasteiger partial charge on any atom is 0.374 e. The molecule has 0 aromatic heterocycles. The van der Waals surface area contributed by atoms with Crippen molar-refractivity contribution in [2.45, 2.75) is 26.2 Å². The third kappa shape index (κ3) is 2.93. The molecule has 1 aromatic rings. The highest BCUT2D eigenvalue weighted by molar-refractivity contribution is 5.75. The molecule has 1 N–H and O–H groups in total. The largest absolute Gasteiger partial charge is 0.496 e. The molecule has 0 heterocycles. The second kappa shape index (κ2) is 4.69. The predicted molar refractivity (Wildman–Crippen MR) is 58.8 cm³/mol. The van der Waals surface area contributed by atoms with Gasteiger partial charge in [-0.2, -0.15) is 8.78 Å². The summed E-state index contributed by atoms with van der Waals surface area (Å²) in [6.07, 6.45) is -0.868. The van der Waals surface area contributed by atoms with Gasteiger partial charge in [0.1, 0.15) is 5.75 Å². The second-order valence-corrected chi connectivity index (χ2v) is 3.93. The third-order valence-corrected chi connectivity index (χ3v) is 2.62. The summed E-state index contributed by atoms with van der Waals surface area (Å²) in [6.45, 7) is 3.61. The zero-order valence-electron chi connectivity index (χ0n) is 9.88. The van der Waals surface area contributed by atoms with Crippen LogP contribution in [-0.2, 0) is 11.2 Å². The van der Waals surface area contributed by atoms with Gasteiger partial charge in [0.25, 0.3) is 0 Å². The molecule has 0 atom stereocenters. The van der Waals surface area contributed by atoms with Crippen LogP contribution in [0.15, 0.2) is 12.1 Å². The van der Waals surface area contributed by atoms with Crippen LogP contribution in [0.3, 0.4) is 0 Å². The molecular weight excluding hydrogens is 230 g/mol. The molecule has 0 unspecified atom stereocenters. The van der Waals surface area contributed by atoms with E-state index in [1.165, 1.54) is 13.2 Å². The van der Waals surface area contributed by atoms with E-state index in [0.717, 1.165) is 11.1 Å². The van der Waals surface area contributed by atoms with Crippen molar-refractivity contribution >= 4 is 5.97 Å². The van der Waals surface area contributed by atoms with E-state index in [0.29, 0.717) is 0 Å². The first-order chi connectivity index (χ1) is 7.77. The van der Waals surface area contributed by atoms with Crippen molar-refractivity contribution in [3.05, 3.63) is 28.8 Å². The standard InChI is InChI=1S/C12H14F2O3/c1-7-4-9(6-12(13,14)11(15)16)10(17-3)5-8(7)2/h4-5H,6H2,1-3H3,(H,15,16). The van der Waals surface area contributed by atoms with Crippen LogP contribution in [0.1, 0.15) is 16.7 Å². The van der Waals surface area contributed by atoms with E-state index in [9.17, 15) is 13.6 Å². The molecule has 3 nitrogen and oxygen atoms in total. The van der Waals surface area contributed by atoms with E-state index < -0.39 is 18.3 Å². The van der Waals surface area contributed by atoms with Gasteiger partial charge < -0.3 is 9.84 Å². The number of ether oxygens (including phenoxy) is 1. The Labute approximate surface area is 98.0 Å².